The Balaban J connectivity index is 0.000000377. The maximum absolute atomic E-state index is 11.2. The van der Waals surface area contributed by atoms with Crippen LogP contribution in [0, 0.1) is 0 Å². The van der Waals surface area contributed by atoms with Gasteiger partial charge in [-0.2, -0.15) is 30.3 Å². The van der Waals surface area contributed by atoms with E-state index in [1.807, 2.05) is 54.6 Å². The summed E-state index contributed by atoms with van der Waals surface area (Å²) in [7, 11) is 0. The number of hydrogen-bond donors (Lipinski definition) is 0. The Labute approximate surface area is 155 Å². The van der Waals surface area contributed by atoms with Crippen molar-refractivity contribution < 1.29 is 26.7 Å². The van der Waals surface area contributed by atoms with E-state index >= 15 is 0 Å². The van der Waals surface area contributed by atoms with Gasteiger partial charge in [0.15, 0.2) is 0 Å². The SMILES string of the molecule is O=C(Cl)c1cc(C(=O)Cl)cc(-[c-]2cccc2)c1.[Fe+2].c1cc[cH-]c1. The molecule has 0 fully saturated rings. The maximum Gasteiger partial charge on any atom is 2.00 e. The van der Waals surface area contributed by atoms with Gasteiger partial charge in [-0.15, -0.1) is 29.8 Å². The van der Waals surface area contributed by atoms with Crippen molar-refractivity contribution in [1.29, 1.82) is 0 Å². The fraction of sp³-hybridized carbons (Fsp3) is 0. The van der Waals surface area contributed by atoms with Crippen LogP contribution in [0.25, 0.3) is 11.1 Å². The van der Waals surface area contributed by atoms with Gasteiger partial charge in [-0.3, -0.25) is 9.59 Å². The van der Waals surface area contributed by atoms with E-state index in [4.69, 9.17) is 23.2 Å². The first kappa shape index (κ1) is 19.4. The second-order valence-electron chi connectivity index (χ2n) is 4.48. The van der Waals surface area contributed by atoms with Crippen molar-refractivity contribution in [2.75, 3.05) is 0 Å². The molecule has 0 unspecified atom stereocenters. The molecule has 118 valence electrons. The fourth-order valence-electron chi connectivity index (χ4n) is 1.91. The Bertz CT molecular complexity index is 698. The number of hydrogen-bond acceptors (Lipinski definition) is 2. The summed E-state index contributed by atoms with van der Waals surface area (Å²) in [5.74, 6) is 0. The molecule has 3 aromatic carbocycles. The normalized spacial score (nSPS) is 9.30. The van der Waals surface area contributed by atoms with Gasteiger partial charge in [0.1, 0.15) is 0 Å². The molecule has 0 aliphatic carbocycles. The molecule has 0 saturated heterocycles. The average molecular weight is 387 g/mol. The molecule has 0 radical (unpaired) electrons. The summed E-state index contributed by atoms with van der Waals surface area (Å²) in [6.07, 6.45) is 0. The van der Waals surface area contributed by atoms with Gasteiger partial charge in [-0.1, -0.05) is 11.6 Å². The van der Waals surface area contributed by atoms with Crippen LogP contribution in [-0.2, 0) is 17.1 Å². The van der Waals surface area contributed by atoms with Gasteiger partial charge in [-0.05, 0) is 23.2 Å². The molecular formula is C18H12Cl2FeO2. The van der Waals surface area contributed by atoms with Gasteiger partial charge < -0.3 is 0 Å². The zero-order valence-electron chi connectivity index (χ0n) is 11.9. The molecule has 0 aliphatic rings. The molecule has 0 saturated carbocycles. The van der Waals surface area contributed by atoms with Crippen LogP contribution in [0.1, 0.15) is 20.7 Å². The summed E-state index contributed by atoms with van der Waals surface area (Å²) in [5.41, 5.74) is 2.16. The minimum Gasteiger partial charge on any atom is -0.276 e. The molecule has 3 aromatic rings. The first-order valence-corrected chi connectivity index (χ1v) is 7.27. The first-order valence-electron chi connectivity index (χ1n) is 6.51. The van der Waals surface area contributed by atoms with Crippen LogP contribution < -0.4 is 0 Å². The van der Waals surface area contributed by atoms with Crippen molar-refractivity contribution in [3.8, 4) is 11.1 Å². The van der Waals surface area contributed by atoms with E-state index in [0.717, 1.165) is 11.1 Å². The summed E-state index contributed by atoms with van der Waals surface area (Å²) in [6, 6.07) is 22.1. The molecule has 0 atom stereocenters. The summed E-state index contributed by atoms with van der Waals surface area (Å²) in [4.78, 5) is 22.3. The molecule has 5 heteroatoms. The van der Waals surface area contributed by atoms with Crippen molar-refractivity contribution in [3.05, 3.63) is 83.9 Å². The predicted molar refractivity (Wildman–Crippen MR) is 89.9 cm³/mol. The Hall–Kier alpha value is -1.64. The van der Waals surface area contributed by atoms with Crippen molar-refractivity contribution in [2.45, 2.75) is 0 Å². The molecule has 0 N–H and O–H groups in total. The zero-order valence-corrected chi connectivity index (χ0v) is 14.5. The molecule has 0 aromatic heterocycles. The Kier molecular flexibility index (Phi) is 8.01. The van der Waals surface area contributed by atoms with Gasteiger partial charge in [-0.25, -0.2) is 12.1 Å². The summed E-state index contributed by atoms with van der Waals surface area (Å²) >= 11 is 10.8. The number of carbonyl (C=O) groups excluding carboxylic acids is 2. The monoisotopic (exact) mass is 386 g/mol. The van der Waals surface area contributed by atoms with Crippen molar-refractivity contribution in [3.63, 3.8) is 0 Å². The topological polar surface area (TPSA) is 34.1 Å². The van der Waals surface area contributed by atoms with Crippen LogP contribution in [0.15, 0.2) is 72.8 Å². The van der Waals surface area contributed by atoms with Crippen LogP contribution >= 0.6 is 23.2 Å². The molecule has 3 rings (SSSR count). The second-order valence-corrected chi connectivity index (χ2v) is 5.17. The van der Waals surface area contributed by atoms with Gasteiger partial charge >= 0.3 is 17.1 Å². The zero-order chi connectivity index (χ0) is 15.9. The third-order valence-corrected chi connectivity index (χ3v) is 3.37. The van der Waals surface area contributed by atoms with E-state index in [9.17, 15) is 9.59 Å². The van der Waals surface area contributed by atoms with E-state index in [1.54, 1.807) is 12.1 Å². The predicted octanol–water partition coefficient (Wildman–Crippen LogP) is 5.23. The molecule has 0 aliphatic heterocycles. The number of carbonyl (C=O) groups is 2. The van der Waals surface area contributed by atoms with Crippen molar-refractivity contribution >= 4 is 33.7 Å². The molecule has 23 heavy (non-hydrogen) atoms. The smallest absolute Gasteiger partial charge is 0.276 e. The fourth-order valence-corrected chi connectivity index (χ4v) is 2.13. The van der Waals surface area contributed by atoms with Crippen molar-refractivity contribution in [1.82, 2.24) is 0 Å². The first-order chi connectivity index (χ1) is 10.6. The van der Waals surface area contributed by atoms with E-state index in [1.165, 1.54) is 6.07 Å². The quantitative estimate of drug-likeness (QED) is 0.350. The molecule has 2 nitrogen and oxygen atoms in total. The third kappa shape index (κ3) is 5.81. The van der Waals surface area contributed by atoms with Gasteiger partial charge in [0, 0.05) is 11.1 Å². The van der Waals surface area contributed by atoms with Crippen molar-refractivity contribution in [2.24, 2.45) is 0 Å². The molecule has 0 spiro atoms. The molecule has 0 amide bonds. The van der Waals surface area contributed by atoms with Crippen LogP contribution in [0.2, 0.25) is 0 Å². The van der Waals surface area contributed by atoms with Crippen LogP contribution in [0.4, 0.5) is 0 Å². The van der Waals surface area contributed by atoms with E-state index in [0.29, 0.717) is 0 Å². The summed E-state index contributed by atoms with van der Waals surface area (Å²) in [6.45, 7) is 0. The molecular weight excluding hydrogens is 375 g/mol. The minimum atomic E-state index is -0.613. The molecule has 0 bridgehead atoms. The third-order valence-electron chi connectivity index (χ3n) is 2.94. The Morgan fingerprint density at radius 2 is 1.30 bits per heavy atom. The number of benzene rings is 1. The largest absolute Gasteiger partial charge is 2.00 e. The second kappa shape index (κ2) is 9.49. The Morgan fingerprint density at radius 3 is 1.65 bits per heavy atom. The maximum atomic E-state index is 11.2. The van der Waals surface area contributed by atoms with Crippen LogP contribution in [-0.4, -0.2) is 10.5 Å². The minimum absolute atomic E-state index is 0. The van der Waals surface area contributed by atoms with E-state index in [2.05, 4.69) is 0 Å². The number of halogens is 2. The van der Waals surface area contributed by atoms with Gasteiger partial charge in [0.25, 0.3) is 0 Å². The Morgan fingerprint density at radius 1 is 0.826 bits per heavy atom. The summed E-state index contributed by atoms with van der Waals surface area (Å²) in [5, 5.41) is -1.23. The van der Waals surface area contributed by atoms with Crippen LogP contribution in [0.3, 0.4) is 0 Å². The number of rotatable bonds is 3. The van der Waals surface area contributed by atoms with Gasteiger partial charge in [0.2, 0.25) is 10.5 Å². The average Bonchev–Trinajstić information content (AvgIpc) is 3.22. The standard InChI is InChI=1S/C13H7Cl2O2.C5H5.Fe/c14-12(16)10-5-9(8-3-1-2-4-8)6-11(7-10)13(15)17;1-2-4-5-3-1;/h1-7H;1-5H;/q2*-1;+2. The summed E-state index contributed by atoms with van der Waals surface area (Å²) < 4.78 is 0. The van der Waals surface area contributed by atoms with E-state index in [-0.39, 0.29) is 28.2 Å². The van der Waals surface area contributed by atoms with Crippen LogP contribution in [0.5, 0.6) is 0 Å². The molecule has 0 heterocycles. The van der Waals surface area contributed by atoms with Gasteiger partial charge in [0.05, 0.1) is 0 Å². The van der Waals surface area contributed by atoms with E-state index < -0.39 is 10.5 Å².